The Morgan fingerprint density at radius 3 is 1.32 bits per heavy atom. The smallest absolute Gasteiger partial charge is 1.00 e. The molecule has 2 aromatic carbocycles. The number of carbonyl (C=O) groups is 2. The predicted octanol–water partition coefficient (Wildman–Crippen LogP) is -0.856. The van der Waals surface area contributed by atoms with Crippen LogP contribution in [0.5, 0.6) is 0 Å². The number of nitrogens with zero attached hydrogens (tertiary/aromatic N) is 2. The molecule has 198 valence electrons. The molecule has 37 heavy (non-hydrogen) atoms. The van der Waals surface area contributed by atoms with Crippen LogP contribution in [0, 0.1) is 0 Å². The molecule has 2 heterocycles. The number of nitrogens with two attached hydrogens (primary N) is 2. The van der Waals surface area contributed by atoms with Gasteiger partial charge in [-0.3, -0.25) is 0 Å². The summed E-state index contributed by atoms with van der Waals surface area (Å²) >= 11 is 2.30. The van der Waals surface area contributed by atoms with E-state index < -0.39 is 0 Å². The molecule has 4 aromatic rings. The molecule has 4 N–H and O–H groups in total. The number of thiazole rings is 2. The van der Waals surface area contributed by atoms with Crippen molar-refractivity contribution in [2.24, 2.45) is 0 Å². The fourth-order valence-electron chi connectivity index (χ4n) is 2.93. The molecule has 0 spiro atoms. The fraction of sp³-hybridized carbons (Fsp3) is 0.167. The van der Waals surface area contributed by atoms with Gasteiger partial charge in [-0.15, -0.1) is 0 Å². The van der Waals surface area contributed by atoms with E-state index in [0.717, 1.165) is 33.8 Å². The van der Waals surface area contributed by atoms with E-state index in [2.05, 4.69) is 9.97 Å². The number of benzene rings is 2. The van der Waals surface area contributed by atoms with Gasteiger partial charge in [0.15, 0.2) is 10.3 Å². The summed E-state index contributed by atoms with van der Waals surface area (Å²) in [5.41, 5.74) is 14.2. The van der Waals surface area contributed by atoms with Gasteiger partial charge in [0.1, 0.15) is 9.75 Å². The number of hydrogen-bond donors (Lipinski definition) is 2. The first-order valence-electron chi connectivity index (χ1n) is 10.4. The summed E-state index contributed by atoms with van der Waals surface area (Å²) in [5, 5.41) is 0.735. The van der Waals surface area contributed by atoms with Gasteiger partial charge < -0.3 is 45.8 Å². The van der Waals surface area contributed by atoms with Crippen molar-refractivity contribution >= 4 is 44.9 Å². The van der Waals surface area contributed by atoms with Crippen LogP contribution in [0.15, 0.2) is 60.7 Å². The summed E-state index contributed by atoms with van der Waals surface area (Å²) in [7, 11) is 0. The summed E-state index contributed by atoms with van der Waals surface area (Å²) in [6.07, 6.45) is 0. The monoisotopic (exact) mass is 668 g/mol. The van der Waals surface area contributed by atoms with Crippen molar-refractivity contribution in [3.8, 4) is 22.5 Å². The number of anilines is 2. The van der Waals surface area contributed by atoms with Crippen molar-refractivity contribution in [1.29, 1.82) is 0 Å². The van der Waals surface area contributed by atoms with Crippen LogP contribution in [0.2, 0.25) is 0 Å². The van der Waals surface area contributed by atoms with E-state index in [1.807, 2.05) is 60.7 Å². The average molecular weight is 669 g/mol. The van der Waals surface area contributed by atoms with Crippen LogP contribution in [0.1, 0.15) is 33.2 Å². The molecule has 0 amide bonds. The van der Waals surface area contributed by atoms with Crippen LogP contribution in [0.3, 0.4) is 0 Å². The average Bonchev–Trinajstić information content (AvgIpc) is 3.44. The Bertz CT molecular complexity index is 1160. The number of esters is 2. The second-order valence-electron chi connectivity index (χ2n) is 6.63. The first-order valence-corrected chi connectivity index (χ1v) is 12.1. The van der Waals surface area contributed by atoms with E-state index >= 15 is 0 Å². The SMILES string of the molecule is CCOC(=O)c1sc(N)nc1-c1ccccc1.CCOC(=O)c1sc(N)nc1-c1ccccc1.[Cl-].[Cl-].[Ru+2]. The van der Waals surface area contributed by atoms with Crippen molar-refractivity contribution in [2.75, 3.05) is 24.7 Å². The van der Waals surface area contributed by atoms with Gasteiger partial charge in [0.2, 0.25) is 0 Å². The molecule has 0 aliphatic carbocycles. The first-order chi connectivity index (χ1) is 16.4. The van der Waals surface area contributed by atoms with E-state index in [1.165, 1.54) is 0 Å². The number of ether oxygens (including phenoxy) is 2. The zero-order valence-corrected chi connectivity index (χ0v) is 24.7. The molecular weight excluding hydrogens is 644 g/mol. The van der Waals surface area contributed by atoms with Crippen LogP contribution in [0.25, 0.3) is 22.5 Å². The maximum atomic E-state index is 11.7. The zero-order chi connectivity index (χ0) is 24.5. The fourth-order valence-corrected chi connectivity index (χ4v) is 4.42. The molecule has 13 heteroatoms. The minimum atomic E-state index is -0.374. The van der Waals surface area contributed by atoms with E-state index in [-0.39, 0.29) is 56.2 Å². The molecule has 0 aliphatic heterocycles. The Balaban J connectivity index is 0.000000648. The second kappa shape index (κ2) is 17.0. The number of nitrogen functional groups attached to an aromatic ring is 2. The minimum Gasteiger partial charge on any atom is -1.00 e. The Morgan fingerprint density at radius 2 is 1.03 bits per heavy atom. The van der Waals surface area contributed by atoms with E-state index in [0.29, 0.717) is 44.6 Å². The number of rotatable bonds is 6. The third-order valence-electron chi connectivity index (χ3n) is 4.30. The maximum absolute atomic E-state index is 11.7. The Kier molecular flexibility index (Phi) is 15.9. The topological polar surface area (TPSA) is 130 Å². The van der Waals surface area contributed by atoms with Crippen LogP contribution in [0.4, 0.5) is 10.3 Å². The van der Waals surface area contributed by atoms with E-state index in [1.54, 1.807) is 13.8 Å². The molecule has 8 nitrogen and oxygen atoms in total. The number of aromatic nitrogens is 2. The van der Waals surface area contributed by atoms with Crippen molar-refractivity contribution < 1.29 is 63.4 Å². The summed E-state index contributed by atoms with van der Waals surface area (Å²) < 4.78 is 9.96. The van der Waals surface area contributed by atoms with Gasteiger partial charge in [0.05, 0.1) is 24.6 Å². The number of hydrogen-bond acceptors (Lipinski definition) is 10. The third-order valence-corrected chi connectivity index (χ3v) is 6.03. The number of carbonyl (C=O) groups excluding carboxylic acids is 2. The summed E-state index contributed by atoms with van der Waals surface area (Å²) in [4.78, 5) is 32.8. The third kappa shape index (κ3) is 9.36. The molecule has 0 radical (unpaired) electrons. The van der Waals surface area contributed by atoms with Gasteiger partial charge in [-0.1, -0.05) is 83.3 Å². The van der Waals surface area contributed by atoms with Crippen molar-refractivity contribution in [3.63, 3.8) is 0 Å². The summed E-state index contributed by atoms with van der Waals surface area (Å²) in [6, 6.07) is 18.9. The van der Waals surface area contributed by atoms with E-state index in [9.17, 15) is 9.59 Å². The maximum Gasteiger partial charge on any atom is 2.00 e. The molecule has 0 saturated heterocycles. The molecule has 0 aliphatic rings. The van der Waals surface area contributed by atoms with Crippen LogP contribution < -0.4 is 36.3 Å². The van der Waals surface area contributed by atoms with E-state index in [4.69, 9.17) is 20.9 Å². The molecule has 0 fully saturated rings. The molecule has 0 atom stereocenters. The molecule has 2 aromatic heterocycles. The van der Waals surface area contributed by atoms with Gasteiger partial charge in [-0.2, -0.15) is 0 Å². The van der Waals surface area contributed by atoms with Gasteiger partial charge in [-0.05, 0) is 13.8 Å². The predicted molar refractivity (Wildman–Crippen MR) is 136 cm³/mol. The minimum absolute atomic E-state index is 0. The van der Waals surface area contributed by atoms with Crippen LogP contribution in [-0.4, -0.2) is 35.1 Å². The quantitative estimate of drug-likeness (QED) is 0.201. The zero-order valence-electron chi connectivity index (χ0n) is 19.8. The van der Waals surface area contributed by atoms with Crippen LogP contribution in [-0.2, 0) is 29.0 Å². The van der Waals surface area contributed by atoms with Crippen molar-refractivity contribution in [1.82, 2.24) is 9.97 Å². The van der Waals surface area contributed by atoms with Gasteiger partial charge in [0, 0.05) is 11.1 Å². The number of halogens is 2. The standard InChI is InChI=1S/2C12H12N2O2S.2ClH.Ru/c2*1-2-16-11(15)10-9(14-12(13)17-10)8-6-4-3-5-7-8;;;/h2*3-7H,2H2,1H3,(H2,13,14);2*1H;/q;;;;+2/p-2. The molecule has 0 unspecified atom stereocenters. The Labute approximate surface area is 248 Å². The van der Waals surface area contributed by atoms with Crippen molar-refractivity contribution in [2.45, 2.75) is 13.8 Å². The first kappa shape index (κ1) is 34.4. The second-order valence-corrected chi connectivity index (χ2v) is 8.69. The largest absolute Gasteiger partial charge is 2.00 e. The molecule has 0 saturated carbocycles. The van der Waals surface area contributed by atoms with Crippen LogP contribution >= 0.6 is 22.7 Å². The van der Waals surface area contributed by atoms with Gasteiger partial charge in [-0.25, -0.2) is 19.6 Å². The summed E-state index contributed by atoms with van der Waals surface area (Å²) in [6.45, 7) is 4.21. The summed E-state index contributed by atoms with van der Waals surface area (Å²) in [5.74, 6) is -0.749. The van der Waals surface area contributed by atoms with Gasteiger partial charge in [0.25, 0.3) is 0 Å². The Hall–Kier alpha value is -2.56. The molecule has 0 bridgehead atoms. The molecule has 4 rings (SSSR count). The molecular formula is C24H24Cl2N4O4RuS2. The van der Waals surface area contributed by atoms with Crippen molar-refractivity contribution in [3.05, 3.63) is 70.4 Å². The van der Waals surface area contributed by atoms with Gasteiger partial charge >= 0.3 is 31.4 Å². The normalized spacial score (nSPS) is 9.35. The Morgan fingerprint density at radius 1 is 0.703 bits per heavy atom.